The Hall–Kier alpha value is -2.44. The van der Waals surface area contributed by atoms with Crippen molar-refractivity contribution in [1.82, 2.24) is 5.32 Å². The van der Waals surface area contributed by atoms with E-state index in [1.807, 2.05) is 32.0 Å². The molecule has 7 nitrogen and oxygen atoms in total. The smallest absolute Gasteiger partial charge is 0.415 e. The Labute approximate surface area is 154 Å². The summed E-state index contributed by atoms with van der Waals surface area (Å²) in [5.41, 5.74) is 0.372. The van der Waals surface area contributed by atoms with Crippen LogP contribution >= 0.6 is 0 Å². The van der Waals surface area contributed by atoms with Crippen LogP contribution in [0.4, 0.5) is 15.3 Å². The number of benzene rings is 1. The predicted octanol–water partition coefficient (Wildman–Crippen LogP) is 4.10. The quantitative estimate of drug-likeness (QED) is 0.760. The largest absolute Gasteiger partial charge is 0.497 e. The third-order valence-corrected chi connectivity index (χ3v) is 5.04. The SMILES string of the molecule is CCC1(CC)OC(=O)N(CCC(C)(C)NC(=O)O)c2ccc(OC)cc21. The van der Waals surface area contributed by atoms with Crippen LogP contribution in [0.3, 0.4) is 0 Å². The molecule has 1 aliphatic rings. The molecule has 7 heteroatoms. The zero-order valence-corrected chi connectivity index (χ0v) is 16.1. The molecule has 0 fully saturated rings. The Bertz CT molecular complexity index is 683. The first-order valence-corrected chi connectivity index (χ1v) is 8.88. The molecule has 0 bridgehead atoms. The molecule has 0 saturated carbocycles. The summed E-state index contributed by atoms with van der Waals surface area (Å²) >= 11 is 0. The second-order valence-electron chi connectivity index (χ2n) is 7.17. The molecule has 0 unspecified atom stereocenters. The van der Waals surface area contributed by atoms with Crippen molar-refractivity contribution in [2.45, 2.75) is 58.1 Å². The van der Waals surface area contributed by atoms with Gasteiger partial charge >= 0.3 is 12.2 Å². The molecule has 1 aliphatic heterocycles. The lowest BCUT2D eigenvalue weighted by Gasteiger charge is -2.42. The fraction of sp³-hybridized carbons (Fsp3) is 0.579. The highest BCUT2D eigenvalue weighted by molar-refractivity contribution is 5.91. The molecule has 1 heterocycles. The molecule has 1 aromatic carbocycles. The van der Waals surface area contributed by atoms with E-state index >= 15 is 0 Å². The molecule has 0 saturated heterocycles. The molecule has 0 radical (unpaired) electrons. The van der Waals surface area contributed by atoms with Crippen molar-refractivity contribution in [3.8, 4) is 5.75 Å². The maximum atomic E-state index is 12.7. The summed E-state index contributed by atoms with van der Waals surface area (Å²) in [4.78, 5) is 25.2. The number of ether oxygens (including phenoxy) is 2. The van der Waals surface area contributed by atoms with Gasteiger partial charge in [-0.3, -0.25) is 4.90 Å². The average molecular weight is 364 g/mol. The molecule has 0 atom stereocenters. The highest BCUT2D eigenvalue weighted by atomic mass is 16.6. The number of rotatable bonds is 7. The molecular formula is C19H28N2O5. The monoisotopic (exact) mass is 364 g/mol. The van der Waals surface area contributed by atoms with Crippen LogP contribution in [0.25, 0.3) is 0 Å². The predicted molar refractivity (Wildman–Crippen MR) is 98.9 cm³/mol. The van der Waals surface area contributed by atoms with Crippen molar-refractivity contribution in [3.05, 3.63) is 23.8 Å². The summed E-state index contributed by atoms with van der Waals surface area (Å²) in [6, 6.07) is 5.61. The van der Waals surface area contributed by atoms with Gasteiger partial charge in [-0.2, -0.15) is 0 Å². The second-order valence-corrected chi connectivity index (χ2v) is 7.17. The third kappa shape index (κ3) is 3.86. The zero-order chi connectivity index (χ0) is 19.5. The van der Waals surface area contributed by atoms with Crippen LogP contribution in [0.15, 0.2) is 18.2 Å². The van der Waals surface area contributed by atoms with Gasteiger partial charge in [0.15, 0.2) is 0 Å². The van der Waals surface area contributed by atoms with E-state index in [1.165, 1.54) is 0 Å². The number of carbonyl (C=O) groups excluding carboxylic acids is 1. The van der Waals surface area contributed by atoms with Crippen molar-refractivity contribution in [1.29, 1.82) is 0 Å². The fourth-order valence-electron chi connectivity index (χ4n) is 3.35. The third-order valence-electron chi connectivity index (χ3n) is 5.04. The summed E-state index contributed by atoms with van der Waals surface area (Å²) in [5.74, 6) is 0.709. The fourth-order valence-corrected chi connectivity index (χ4v) is 3.35. The summed E-state index contributed by atoms with van der Waals surface area (Å²) in [7, 11) is 1.61. The number of carboxylic acid groups (broad SMARTS) is 1. The van der Waals surface area contributed by atoms with E-state index in [1.54, 1.807) is 25.9 Å². The standard InChI is InChI=1S/C19H28N2O5/c1-6-19(7-2)14-12-13(25-5)8-9-15(14)21(17(24)26-19)11-10-18(3,4)20-16(22)23/h8-9,12,20H,6-7,10-11H2,1-5H3,(H,22,23). The van der Waals surface area contributed by atoms with E-state index in [0.29, 0.717) is 31.6 Å². The highest BCUT2D eigenvalue weighted by Crippen LogP contribution is 2.45. The van der Waals surface area contributed by atoms with Crippen molar-refractivity contribution in [2.75, 3.05) is 18.6 Å². The number of hydrogen-bond donors (Lipinski definition) is 2. The minimum absolute atomic E-state index is 0.342. The van der Waals surface area contributed by atoms with Crippen LogP contribution < -0.4 is 15.0 Å². The number of nitrogens with zero attached hydrogens (tertiary/aromatic N) is 1. The first-order valence-electron chi connectivity index (χ1n) is 8.88. The first kappa shape index (κ1) is 19.9. The molecule has 2 rings (SSSR count). The molecule has 2 amide bonds. The van der Waals surface area contributed by atoms with E-state index in [0.717, 1.165) is 11.3 Å². The van der Waals surface area contributed by atoms with Gasteiger partial charge in [0, 0.05) is 17.6 Å². The lowest BCUT2D eigenvalue weighted by atomic mass is 9.85. The van der Waals surface area contributed by atoms with E-state index < -0.39 is 23.3 Å². The summed E-state index contributed by atoms with van der Waals surface area (Å²) in [6.45, 7) is 7.90. The van der Waals surface area contributed by atoms with Crippen LogP contribution in [0.1, 0.15) is 52.5 Å². The molecule has 2 N–H and O–H groups in total. The normalized spacial score (nSPS) is 15.9. The van der Waals surface area contributed by atoms with Gasteiger partial charge in [0.25, 0.3) is 0 Å². The summed E-state index contributed by atoms with van der Waals surface area (Å²) in [5, 5.41) is 11.4. The number of methoxy groups -OCH3 is 1. The van der Waals surface area contributed by atoms with E-state index in [9.17, 15) is 9.59 Å². The average Bonchev–Trinajstić information content (AvgIpc) is 2.58. The van der Waals surface area contributed by atoms with Gasteiger partial charge in [-0.05, 0) is 51.3 Å². The molecule has 0 spiro atoms. The maximum Gasteiger partial charge on any atom is 0.415 e. The Morgan fingerprint density at radius 2 is 2.00 bits per heavy atom. The van der Waals surface area contributed by atoms with Crippen LogP contribution in [0.2, 0.25) is 0 Å². The van der Waals surface area contributed by atoms with Gasteiger partial charge in [-0.1, -0.05) is 13.8 Å². The van der Waals surface area contributed by atoms with Gasteiger partial charge in [0.1, 0.15) is 11.4 Å². The van der Waals surface area contributed by atoms with E-state index in [4.69, 9.17) is 14.6 Å². The van der Waals surface area contributed by atoms with E-state index in [2.05, 4.69) is 5.32 Å². The topological polar surface area (TPSA) is 88.1 Å². The maximum absolute atomic E-state index is 12.7. The van der Waals surface area contributed by atoms with Crippen LogP contribution in [-0.4, -0.2) is 36.5 Å². The van der Waals surface area contributed by atoms with E-state index in [-0.39, 0.29) is 0 Å². The van der Waals surface area contributed by atoms with Crippen molar-refractivity contribution < 1.29 is 24.2 Å². The number of fused-ring (bicyclic) bond motifs is 1. The number of cyclic esters (lactones) is 1. The van der Waals surface area contributed by atoms with Crippen LogP contribution in [0.5, 0.6) is 5.75 Å². The molecule has 144 valence electrons. The number of hydrogen-bond acceptors (Lipinski definition) is 4. The molecule has 0 aliphatic carbocycles. The second kappa shape index (κ2) is 7.43. The minimum Gasteiger partial charge on any atom is -0.497 e. The molecular weight excluding hydrogens is 336 g/mol. The molecule has 26 heavy (non-hydrogen) atoms. The summed E-state index contributed by atoms with van der Waals surface area (Å²) in [6.07, 6.45) is 0.283. The van der Waals surface area contributed by atoms with Gasteiger partial charge < -0.3 is 19.9 Å². The summed E-state index contributed by atoms with van der Waals surface area (Å²) < 4.78 is 11.2. The number of nitrogens with one attached hydrogen (secondary N) is 1. The Kier molecular flexibility index (Phi) is 5.68. The van der Waals surface area contributed by atoms with Gasteiger partial charge in [0.05, 0.1) is 12.8 Å². The molecule has 1 aromatic rings. The van der Waals surface area contributed by atoms with Gasteiger partial charge in [-0.15, -0.1) is 0 Å². The lowest BCUT2D eigenvalue weighted by Crippen LogP contribution is -2.49. The molecule has 0 aromatic heterocycles. The van der Waals surface area contributed by atoms with Gasteiger partial charge in [0.2, 0.25) is 0 Å². The van der Waals surface area contributed by atoms with Crippen LogP contribution in [-0.2, 0) is 10.3 Å². The minimum atomic E-state index is -1.09. The van der Waals surface area contributed by atoms with Gasteiger partial charge in [-0.25, -0.2) is 9.59 Å². The van der Waals surface area contributed by atoms with Crippen LogP contribution in [0, 0.1) is 0 Å². The van der Waals surface area contributed by atoms with Crippen molar-refractivity contribution in [3.63, 3.8) is 0 Å². The zero-order valence-electron chi connectivity index (χ0n) is 16.1. The van der Waals surface area contributed by atoms with Crippen molar-refractivity contribution >= 4 is 17.9 Å². The Balaban J connectivity index is 2.37. The first-order chi connectivity index (χ1) is 12.2. The number of amides is 2. The lowest BCUT2D eigenvalue weighted by molar-refractivity contribution is -0.00145. The highest BCUT2D eigenvalue weighted by Gasteiger charge is 2.43. The Morgan fingerprint density at radius 3 is 2.54 bits per heavy atom. The number of anilines is 1. The number of carbonyl (C=O) groups is 2. The Morgan fingerprint density at radius 1 is 1.35 bits per heavy atom. The van der Waals surface area contributed by atoms with Crippen molar-refractivity contribution in [2.24, 2.45) is 0 Å².